The lowest BCUT2D eigenvalue weighted by Crippen LogP contribution is -2.29. The maximum absolute atomic E-state index is 13.1. The van der Waals surface area contributed by atoms with Gasteiger partial charge in [-0.25, -0.2) is 0 Å². The van der Waals surface area contributed by atoms with E-state index in [1.54, 1.807) is 0 Å². The molecule has 1 amide bonds. The van der Waals surface area contributed by atoms with Crippen LogP contribution < -0.4 is 9.64 Å². The predicted molar refractivity (Wildman–Crippen MR) is 118 cm³/mol. The molecule has 0 saturated carbocycles. The Kier molecular flexibility index (Phi) is 6.09. The van der Waals surface area contributed by atoms with E-state index in [1.807, 2.05) is 0 Å². The van der Waals surface area contributed by atoms with Gasteiger partial charge in [0.25, 0.3) is 11.7 Å². The van der Waals surface area contributed by atoms with Gasteiger partial charge in [0.15, 0.2) is 0 Å². The first-order chi connectivity index (χ1) is 16.0. The van der Waals surface area contributed by atoms with Crippen molar-refractivity contribution in [1.29, 1.82) is 0 Å². The molecule has 0 spiro atoms. The van der Waals surface area contributed by atoms with E-state index in [4.69, 9.17) is 32.4 Å². The first kappa shape index (κ1) is 23.7. The summed E-state index contributed by atoms with van der Waals surface area (Å²) in [6.07, 6.45) is -3.30. The summed E-state index contributed by atoms with van der Waals surface area (Å²) in [4.78, 5) is 27.0. The van der Waals surface area contributed by atoms with Crippen LogP contribution in [-0.2, 0) is 15.8 Å². The van der Waals surface area contributed by atoms with Crippen molar-refractivity contribution in [2.75, 3.05) is 12.0 Å². The summed E-state index contributed by atoms with van der Waals surface area (Å²) >= 11 is 12.2. The van der Waals surface area contributed by atoms with E-state index in [2.05, 4.69) is 0 Å². The van der Waals surface area contributed by atoms with Gasteiger partial charge in [0.2, 0.25) is 0 Å². The molecule has 2 aromatic carbocycles. The lowest BCUT2D eigenvalue weighted by Gasteiger charge is -2.24. The van der Waals surface area contributed by atoms with Crippen LogP contribution in [0.25, 0.3) is 5.76 Å². The van der Waals surface area contributed by atoms with Crippen molar-refractivity contribution >= 4 is 46.3 Å². The van der Waals surface area contributed by atoms with Crippen molar-refractivity contribution in [3.8, 4) is 5.75 Å². The molecule has 1 aliphatic heterocycles. The van der Waals surface area contributed by atoms with Crippen LogP contribution in [0.4, 0.5) is 18.9 Å². The molecule has 1 unspecified atom stereocenters. The van der Waals surface area contributed by atoms with Crippen LogP contribution in [0, 0.1) is 0 Å². The fourth-order valence-corrected chi connectivity index (χ4v) is 4.29. The first-order valence-electron chi connectivity index (χ1n) is 9.59. The SMILES string of the molecule is COc1c(Cl)cc(Cl)cc1/C(O)=C1/C(=O)C(=O)N(c2ccc(C(F)(F)F)cc2)C1c1ccco1. The molecule has 3 aromatic rings. The highest BCUT2D eigenvalue weighted by Crippen LogP contribution is 2.45. The second-order valence-corrected chi connectivity index (χ2v) is 8.04. The van der Waals surface area contributed by atoms with Crippen LogP contribution in [-0.4, -0.2) is 23.9 Å². The number of halogens is 5. The third-order valence-corrected chi connectivity index (χ3v) is 5.70. The second-order valence-electron chi connectivity index (χ2n) is 7.20. The topological polar surface area (TPSA) is 80.0 Å². The van der Waals surface area contributed by atoms with E-state index in [1.165, 1.54) is 37.6 Å². The lowest BCUT2D eigenvalue weighted by molar-refractivity contribution is -0.137. The van der Waals surface area contributed by atoms with Crippen LogP contribution in [0.5, 0.6) is 5.75 Å². The molecule has 1 fully saturated rings. The number of alkyl halides is 3. The van der Waals surface area contributed by atoms with E-state index in [0.717, 1.165) is 29.2 Å². The maximum atomic E-state index is 13.1. The number of methoxy groups -OCH3 is 1. The fraction of sp³-hybridized carbons (Fsp3) is 0.130. The molecular weight excluding hydrogens is 498 g/mol. The van der Waals surface area contributed by atoms with Crippen molar-refractivity contribution in [2.45, 2.75) is 12.2 Å². The Morgan fingerprint density at radius 2 is 1.79 bits per heavy atom. The zero-order valence-corrected chi connectivity index (χ0v) is 18.7. The van der Waals surface area contributed by atoms with E-state index in [9.17, 15) is 27.9 Å². The van der Waals surface area contributed by atoms with Crippen LogP contribution in [0.3, 0.4) is 0 Å². The molecule has 2 heterocycles. The third kappa shape index (κ3) is 4.01. The average Bonchev–Trinajstić information content (AvgIpc) is 3.39. The highest BCUT2D eigenvalue weighted by molar-refractivity contribution is 6.51. The molecule has 0 radical (unpaired) electrons. The number of carbonyl (C=O) groups is 2. The quantitative estimate of drug-likeness (QED) is 0.254. The zero-order chi connectivity index (χ0) is 24.8. The van der Waals surface area contributed by atoms with E-state index in [-0.39, 0.29) is 38.4 Å². The number of aliphatic hydroxyl groups excluding tert-OH is 1. The summed E-state index contributed by atoms with van der Waals surface area (Å²) in [5, 5.41) is 11.3. The monoisotopic (exact) mass is 511 g/mol. The Morgan fingerprint density at radius 3 is 2.35 bits per heavy atom. The second kappa shape index (κ2) is 8.73. The minimum absolute atomic E-state index is 0.00231. The number of rotatable bonds is 4. The lowest BCUT2D eigenvalue weighted by atomic mass is 9.98. The van der Waals surface area contributed by atoms with Crippen LogP contribution >= 0.6 is 23.2 Å². The number of nitrogens with zero attached hydrogens (tertiary/aromatic N) is 1. The average molecular weight is 512 g/mol. The van der Waals surface area contributed by atoms with Crippen molar-refractivity contribution in [3.05, 3.63) is 87.3 Å². The summed E-state index contributed by atoms with van der Waals surface area (Å²) in [5.74, 6) is -2.71. The molecule has 1 N–H and O–H groups in total. The third-order valence-electron chi connectivity index (χ3n) is 5.20. The molecule has 0 aliphatic carbocycles. The molecule has 1 aliphatic rings. The standard InChI is InChI=1S/C23H14Cl2F3NO5/c1-33-21-14(9-12(24)10-15(21)25)19(30)17-18(16-3-2-8-34-16)29(22(32)20(17)31)13-6-4-11(5-7-13)23(26,27)28/h2-10,18,30H,1H3/b19-17-. The van der Waals surface area contributed by atoms with Gasteiger partial charge >= 0.3 is 6.18 Å². The van der Waals surface area contributed by atoms with E-state index >= 15 is 0 Å². The van der Waals surface area contributed by atoms with Gasteiger partial charge in [-0.15, -0.1) is 0 Å². The Bertz CT molecular complexity index is 1300. The number of furan rings is 1. The number of carbonyl (C=O) groups excluding carboxylic acids is 2. The molecule has 11 heteroatoms. The van der Waals surface area contributed by atoms with Gasteiger partial charge < -0.3 is 14.3 Å². The summed E-state index contributed by atoms with van der Waals surface area (Å²) in [6.45, 7) is 0. The van der Waals surface area contributed by atoms with Crippen LogP contribution in [0.15, 0.2) is 64.8 Å². The van der Waals surface area contributed by atoms with Crippen LogP contribution in [0.2, 0.25) is 10.0 Å². The fourth-order valence-electron chi connectivity index (χ4n) is 3.71. The van der Waals surface area contributed by atoms with Gasteiger partial charge in [-0.1, -0.05) is 23.2 Å². The van der Waals surface area contributed by atoms with Crippen molar-refractivity contribution < 1.29 is 37.0 Å². The predicted octanol–water partition coefficient (Wildman–Crippen LogP) is 6.24. The highest BCUT2D eigenvalue weighted by Gasteiger charge is 2.48. The van der Waals surface area contributed by atoms with Gasteiger partial charge in [-0.2, -0.15) is 13.2 Å². The smallest absolute Gasteiger partial charge is 0.416 e. The number of hydrogen-bond donors (Lipinski definition) is 1. The molecule has 0 bridgehead atoms. The Labute approximate surface area is 200 Å². The van der Waals surface area contributed by atoms with Crippen molar-refractivity contribution in [3.63, 3.8) is 0 Å². The number of anilines is 1. The van der Waals surface area contributed by atoms with Crippen molar-refractivity contribution in [2.24, 2.45) is 0 Å². The molecule has 4 rings (SSSR count). The number of ketones is 1. The van der Waals surface area contributed by atoms with E-state index < -0.39 is 35.2 Å². The molecule has 1 aromatic heterocycles. The van der Waals surface area contributed by atoms with E-state index in [0.29, 0.717) is 0 Å². The molecule has 176 valence electrons. The Morgan fingerprint density at radius 1 is 1.12 bits per heavy atom. The van der Waals surface area contributed by atoms with Gasteiger partial charge in [-0.05, 0) is 48.5 Å². The van der Waals surface area contributed by atoms with Gasteiger partial charge in [0.05, 0.1) is 35.1 Å². The largest absolute Gasteiger partial charge is 0.507 e. The van der Waals surface area contributed by atoms with Gasteiger partial charge in [0, 0.05) is 10.7 Å². The first-order valence-corrected chi connectivity index (χ1v) is 10.3. The number of ether oxygens (including phenoxy) is 1. The van der Waals surface area contributed by atoms with Crippen molar-refractivity contribution in [1.82, 2.24) is 0 Å². The zero-order valence-electron chi connectivity index (χ0n) is 17.2. The van der Waals surface area contributed by atoms with Crippen LogP contribution in [0.1, 0.15) is 22.9 Å². The Hall–Kier alpha value is -3.43. The number of Topliss-reactive ketones (excluding diaryl/α,β-unsaturated/α-hetero) is 1. The molecule has 1 saturated heterocycles. The summed E-state index contributed by atoms with van der Waals surface area (Å²) in [6, 6.07) is 8.02. The summed E-state index contributed by atoms with van der Waals surface area (Å²) in [7, 11) is 1.29. The number of hydrogen-bond acceptors (Lipinski definition) is 5. The highest BCUT2D eigenvalue weighted by atomic mass is 35.5. The number of benzene rings is 2. The number of aliphatic hydroxyl groups is 1. The summed E-state index contributed by atoms with van der Waals surface area (Å²) in [5.41, 5.74) is -1.37. The normalized spacial score (nSPS) is 17.9. The minimum Gasteiger partial charge on any atom is -0.507 e. The van der Waals surface area contributed by atoms with Gasteiger partial charge in [-0.3, -0.25) is 14.5 Å². The molecule has 6 nitrogen and oxygen atoms in total. The number of amides is 1. The molecule has 34 heavy (non-hydrogen) atoms. The minimum atomic E-state index is -4.59. The molecular formula is C23H14Cl2F3NO5. The molecule has 1 atom stereocenters. The maximum Gasteiger partial charge on any atom is 0.416 e. The summed E-state index contributed by atoms with van der Waals surface area (Å²) < 4.78 is 49.7. The van der Waals surface area contributed by atoms with Gasteiger partial charge in [0.1, 0.15) is 23.3 Å². The Balaban J connectivity index is 1.93.